The molecular formula is C22H24N4O. The molecule has 27 heavy (non-hydrogen) atoms. The van der Waals surface area contributed by atoms with Gasteiger partial charge in [0.1, 0.15) is 5.75 Å². The maximum atomic E-state index is 5.28. The fourth-order valence-corrected chi connectivity index (χ4v) is 5.73. The minimum Gasteiger partial charge on any atom is -0.497 e. The number of aromatic nitrogens is 2. The molecule has 0 radical (unpaired) electrons. The molecule has 5 heteroatoms. The minimum absolute atomic E-state index is 0.470. The van der Waals surface area contributed by atoms with Crippen molar-refractivity contribution in [3.8, 4) is 5.75 Å². The molecule has 1 saturated heterocycles. The van der Waals surface area contributed by atoms with Crippen molar-refractivity contribution in [2.24, 2.45) is 5.92 Å². The van der Waals surface area contributed by atoms with Gasteiger partial charge in [0.25, 0.3) is 0 Å². The Morgan fingerprint density at radius 1 is 1.26 bits per heavy atom. The molecule has 5 unspecified atom stereocenters. The second-order valence-electron chi connectivity index (χ2n) is 8.29. The molecule has 1 aromatic heterocycles. The first-order valence-electron chi connectivity index (χ1n) is 9.87. The zero-order chi connectivity index (χ0) is 18.0. The maximum Gasteiger partial charge on any atom is 0.118 e. The fraction of sp³-hybridized carbons (Fsp3) is 0.409. The number of hydrogen-bond donors (Lipinski definition) is 2. The van der Waals surface area contributed by atoms with Gasteiger partial charge >= 0.3 is 0 Å². The number of methoxy groups -OCH3 is 1. The van der Waals surface area contributed by atoms with E-state index in [1.54, 1.807) is 7.11 Å². The van der Waals surface area contributed by atoms with Crippen LogP contribution >= 0.6 is 0 Å². The Bertz CT molecular complexity index is 997. The van der Waals surface area contributed by atoms with Gasteiger partial charge in [0.2, 0.25) is 0 Å². The lowest BCUT2D eigenvalue weighted by Crippen LogP contribution is -2.45. The van der Waals surface area contributed by atoms with E-state index in [0.29, 0.717) is 11.6 Å². The number of ether oxygens (including phenoxy) is 1. The summed E-state index contributed by atoms with van der Waals surface area (Å²) in [7, 11) is 1.72. The standard InChI is InChI=1S/C22H24N4O/c1-27-17-5-2-14(3-6-17)13-26-21-11-20(18-8-9-22(18,21)26)24-16-4-7-19-15(10-16)12-23-25-19/h2-7,10,12,18,20-21,24H,8-9,11,13H2,1H3,(H,23,25). The lowest BCUT2D eigenvalue weighted by molar-refractivity contribution is 0.145. The minimum atomic E-state index is 0.470. The molecule has 3 aliphatic rings. The van der Waals surface area contributed by atoms with Crippen molar-refractivity contribution >= 4 is 16.6 Å². The first-order valence-corrected chi connectivity index (χ1v) is 9.87. The third kappa shape index (κ3) is 2.18. The van der Waals surface area contributed by atoms with Gasteiger partial charge in [0.15, 0.2) is 0 Å². The zero-order valence-corrected chi connectivity index (χ0v) is 15.5. The lowest BCUT2D eigenvalue weighted by Gasteiger charge is -2.40. The highest BCUT2D eigenvalue weighted by atomic mass is 16.5. The van der Waals surface area contributed by atoms with Crippen molar-refractivity contribution in [2.45, 2.75) is 43.4 Å². The SMILES string of the molecule is COc1ccc(CN2C3CC(Nc4ccc5[nH]ncc5c4)C4CCC432)cc1. The van der Waals surface area contributed by atoms with Crippen LogP contribution < -0.4 is 10.1 Å². The lowest BCUT2D eigenvalue weighted by atomic mass is 9.72. The van der Waals surface area contributed by atoms with Gasteiger partial charge in [-0.05, 0) is 61.1 Å². The summed E-state index contributed by atoms with van der Waals surface area (Å²) in [5, 5.41) is 12.1. The molecule has 0 bridgehead atoms. The molecular weight excluding hydrogens is 336 g/mol. The average molecular weight is 360 g/mol. The molecule has 6 rings (SSSR count). The summed E-state index contributed by atoms with van der Waals surface area (Å²) < 4.78 is 5.28. The normalized spacial score (nSPS) is 33.2. The van der Waals surface area contributed by atoms with E-state index in [4.69, 9.17) is 4.74 Å². The van der Waals surface area contributed by atoms with E-state index in [9.17, 15) is 0 Å². The van der Waals surface area contributed by atoms with E-state index >= 15 is 0 Å². The molecule has 2 saturated carbocycles. The second kappa shape index (κ2) is 5.49. The van der Waals surface area contributed by atoms with Gasteiger partial charge in [0.05, 0.1) is 18.8 Å². The zero-order valence-electron chi connectivity index (χ0n) is 15.5. The molecule has 5 nitrogen and oxygen atoms in total. The predicted molar refractivity (Wildman–Crippen MR) is 106 cm³/mol. The molecule has 2 aliphatic carbocycles. The molecule has 5 atom stereocenters. The molecule has 3 aromatic rings. The van der Waals surface area contributed by atoms with E-state index in [2.05, 4.69) is 62.9 Å². The highest BCUT2D eigenvalue weighted by Gasteiger charge is 2.76. The maximum absolute atomic E-state index is 5.28. The van der Waals surface area contributed by atoms with Crippen LogP contribution in [-0.4, -0.2) is 39.8 Å². The highest BCUT2D eigenvalue weighted by Crippen LogP contribution is 2.67. The molecule has 3 fully saturated rings. The number of hydrogen-bond acceptors (Lipinski definition) is 4. The summed E-state index contributed by atoms with van der Waals surface area (Å²) >= 11 is 0. The van der Waals surface area contributed by atoms with E-state index in [-0.39, 0.29) is 0 Å². The van der Waals surface area contributed by atoms with Crippen molar-refractivity contribution in [3.63, 3.8) is 0 Å². The van der Waals surface area contributed by atoms with E-state index in [1.165, 1.54) is 35.9 Å². The molecule has 2 heterocycles. The van der Waals surface area contributed by atoms with E-state index in [0.717, 1.165) is 29.8 Å². The Hall–Kier alpha value is -2.53. The van der Waals surface area contributed by atoms with Crippen molar-refractivity contribution in [1.82, 2.24) is 15.1 Å². The molecule has 1 spiro atoms. The highest BCUT2D eigenvalue weighted by molar-refractivity contribution is 5.81. The van der Waals surface area contributed by atoms with E-state index in [1.807, 2.05) is 6.20 Å². The van der Waals surface area contributed by atoms with Crippen LogP contribution in [0.2, 0.25) is 0 Å². The number of likely N-dealkylation sites (tertiary alicyclic amines) is 1. The summed E-state index contributed by atoms with van der Waals surface area (Å²) in [6.07, 6.45) is 5.86. The van der Waals surface area contributed by atoms with Crippen LogP contribution in [0.15, 0.2) is 48.7 Å². The topological polar surface area (TPSA) is 53.0 Å². The van der Waals surface area contributed by atoms with Crippen LogP contribution in [0.3, 0.4) is 0 Å². The molecule has 138 valence electrons. The Balaban J connectivity index is 1.15. The number of benzene rings is 2. The van der Waals surface area contributed by atoms with Gasteiger partial charge in [-0.25, -0.2) is 0 Å². The first-order chi connectivity index (χ1) is 13.3. The smallest absolute Gasteiger partial charge is 0.118 e. The van der Waals surface area contributed by atoms with E-state index < -0.39 is 0 Å². The van der Waals surface area contributed by atoms with Gasteiger partial charge < -0.3 is 10.1 Å². The fourth-order valence-electron chi connectivity index (χ4n) is 5.73. The summed E-state index contributed by atoms with van der Waals surface area (Å²) in [6.45, 7) is 1.07. The monoisotopic (exact) mass is 360 g/mol. The van der Waals surface area contributed by atoms with Gasteiger partial charge in [-0.1, -0.05) is 12.1 Å². The Labute approximate surface area is 158 Å². The average Bonchev–Trinajstić information content (AvgIpc) is 2.96. The van der Waals surface area contributed by atoms with Crippen LogP contribution in [0.1, 0.15) is 24.8 Å². The third-order valence-corrected chi connectivity index (χ3v) is 7.19. The van der Waals surface area contributed by atoms with Gasteiger partial charge in [-0.3, -0.25) is 10.00 Å². The molecule has 1 aliphatic heterocycles. The Kier molecular flexibility index (Phi) is 3.15. The first kappa shape index (κ1) is 15.5. The predicted octanol–water partition coefficient (Wildman–Crippen LogP) is 3.79. The van der Waals surface area contributed by atoms with Crippen molar-refractivity contribution in [1.29, 1.82) is 0 Å². The number of piperidine rings is 1. The van der Waals surface area contributed by atoms with Crippen LogP contribution in [0.5, 0.6) is 5.75 Å². The number of rotatable bonds is 5. The number of H-pyrrole nitrogens is 1. The summed E-state index contributed by atoms with van der Waals surface area (Å²) in [5.74, 6) is 1.71. The van der Waals surface area contributed by atoms with Crippen LogP contribution in [0.4, 0.5) is 5.69 Å². The summed E-state index contributed by atoms with van der Waals surface area (Å²) in [6, 6.07) is 16.4. The van der Waals surface area contributed by atoms with Crippen LogP contribution in [0.25, 0.3) is 10.9 Å². The largest absolute Gasteiger partial charge is 0.497 e. The number of anilines is 1. The molecule has 0 amide bonds. The molecule has 2 N–H and O–H groups in total. The number of aromatic amines is 1. The molecule has 2 aromatic carbocycles. The second-order valence-corrected chi connectivity index (χ2v) is 8.29. The van der Waals surface area contributed by atoms with Gasteiger partial charge in [-0.2, -0.15) is 5.10 Å². The number of fused-ring (bicyclic) bond motifs is 1. The Morgan fingerprint density at radius 3 is 2.89 bits per heavy atom. The Morgan fingerprint density at radius 2 is 2.15 bits per heavy atom. The summed E-state index contributed by atoms with van der Waals surface area (Å²) in [5.41, 5.74) is 4.18. The third-order valence-electron chi connectivity index (χ3n) is 7.19. The van der Waals surface area contributed by atoms with Crippen LogP contribution in [-0.2, 0) is 6.54 Å². The van der Waals surface area contributed by atoms with Gasteiger partial charge in [-0.15, -0.1) is 0 Å². The number of nitrogens with zero attached hydrogens (tertiary/aromatic N) is 2. The van der Waals surface area contributed by atoms with Crippen molar-refractivity contribution in [3.05, 3.63) is 54.2 Å². The van der Waals surface area contributed by atoms with Crippen molar-refractivity contribution < 1.29 is 4.74 Å². The summed E-state index contributed by atoms with van der Waals surface area (Å²) in [4.78, 5) is 2.74. The quantitative estimate of drug-likeness (QED) is 0.680. The van der Waals surface area contributed by atoms with Gasteiger partial charge in [0, 0.05) is 35.2 Å². The van der Waals surface area contributed by atoms with Crippen molar-refractivity contribution in [2.75, 3.05) is 12.4 Å². The van der Waals surface area contributed by atoms with Crippen LogP contribution in [0, 0.1) is 5.92 Å². The number of nitrogens with one attached hydrogen (secondary N) is 2.